The average molecular weight is 282 g/mol. The Bertz CT molecular complexity index is 435. The smallest absolute Gasteiger partial charge is 0.278 e. The number of hydrogen-bond donors (Lipinski definition) is 1. The zero-order chi connectivity index (χ0) is 14.4. The molecule has 7 heteroatoms. The Labute approximate surface area is 118 Å². The van der Waals surface area contributed by atoms with Gasteiger partial charge in [-0.1, -0.05) is 18.0 Å². The summed E-state index contributed by atoms with van der Waals surface area (Å²) in [7, 11) is 2.01. The maximum absolute atomic E-state index is 12.1. The van der Waals surface area contributed by atoms with Gasteiger partial charge in [0.05, 0.1) is 12.6 Å². The Morgan fingerprint density at radius 1 is 1.45 bits per heavy atom. The summed E-state index contributed by atoms with van der Waals surface area (Å²) in [5.74, 6) is 0.457. The summed E-state index contributed by atoms with van der Waals surface area (Å²) < 4.78 is 9.90. The van der Waals surface area contributed by atoms with Gasteiger partial charge in [-0.05, 0) is 38.5 Å². The number of carbonyl (C=O) groups excluding carboxylic acids is 1. The van der Waals surface area contributed by atoms with E-state index in [4.69, 9.17) is 4.74 Å². The minimum atomic E-state index is -0.0204. The summed E-state index contributed by atoms with van der Waals surface area (Å²) in [5, 5.41) is 10.1. The fourth-order valence-corrected chi connectivity index (χ4v) is 2.38. The Balaban J connectivity index is 1.70. The summed E-state index contributed by atoms with van der Waals surface area (Å²) in [6.45, 7) is 3.55. The topological polar surface area (TPSA) is 80.5 Å². The first-order valence-corrected chi connectivity index (χ1v) is 7.08. The summed E-state index contributed by atoms with van der Waals surface area (Å²) in [6, 6.07) is -0.0204. The number of likely N-dealkylation sites (tertiary alicyclic amines) is 1. The van der Waals surface area contributed by atoms with Crippen LogP contribution in [0.25, 0.3) is 0 Å². The van der Waals surface area contributed by atoms with Crippen LogP contribution in [0, 0.1) is 6.92 Å². The monoisotopic (exact) mass is 282 g/mol. The largest absolute Gasteiger partial charge is 0.472 e. The van der Waals surface area contributed by atoms with Crippen molar-refractivity contribution in [3.63, 3.8) is 0 Å². The van der Waals surface area contributed by atoms with E-state index in [-0.39, 0.29) is 11.9 Å². The van der Waals surface area contributed by atoms with E-state index in [1.54, 1.807) is 6.92 Å². The summed E-state index contributed by atoms with van der Waals surface area (Å²) >= 11 is 0. The number of aryl methyl sites for hydroxylation is 1. The molecule has 1 unspecified atom stereocenters. The van der Waals surface area contributed by atoms with Gasteiger partial charge in [-0.15, -0.1) is 0 Å². The Morgan fingerprint density at radius 3 is 3.05 bits per heavy atom. The van der Waals surface area contributed by atoms with E-state index >= 15 is 0 Å². The lowest BCUT2D eigenvalue weighted by Crippen LogP contribution is -2.45. The second kappa shape index (κ2) is 7.23. The molecule has 1 aromatic rings. The van der Waals surface area contributed by atoms with Crippen molar-refractivity contribution in [1.82, 2.24) is 20.5 Å². The Kier molecular flexibility index (Phi) is 5.34. The number of nitrogens with one attached hydrogen (secondary N) is 1. The first-order chi connectivity index (χ1) is 9.68. The van der Waals surface area contributed by atoms with Gasteiger partial charge in [-0.25, -0.2) is 4.63 Å². The van der Waals surface area contributed by atoms with Gasteiger partial charge >= 0.3 is 0 Å². The summed E-state index contributed by atoms with van der Waals surface area (Å²) in [4.78, 5) is 14.3. The summed E-state index contributed by atoms with van der Waals surface area (Å²) in [5.41, 5.74) is 0.611. The van der Waals surface area contributed by atoms with E-state index in [1.807, 2.05) is 7.05 Å². The maximum Gasteiger partial charge on any atom is 0.278 e. The van der Waals surface area contributed by atoms with Crippen LogP contribution in [0.4, 0.5) is 0 Å². The lowest BCUT2D eigenvalue weighted by Gasteiger charge is -2.24. The molecule has 0 aliphatic carbocycles. The first-order valence-electron chi connectivity index (χ1n) is 7.08. The van der Waals surface area contributed by atoms with Crippen LogP contribution in [0.2, 0.25) is 0 Å². The van der Waals surface area contributed by atoms with Crippen molar-refractivity contribution in [2.24, 2.45) is 0 Å². The van der Waals surface area contributed by atoms with Gasteiger partial charge in [-0.3, -0.25) is 9.69 Å². The predicted molar refractivity (Wildman–Crippen MR) is 72.4 cm³/mol. The van der Waals surface area contributed by atoms with Crippen molar-refractivity contribution in [2.45, 2.75) is 38.6 Å². The molecule has 1 N–H and O–H groups in total. The maximum atomic E-state index is 12.1. The van der Waals surface area contributed by atoms with E-state index in [0.29, 0.717) is 24.7 Å². The number of likely N-dealkylation sites (N-methyl/N-ethyl adjacent to an activating group) is 1. The van der Waals surface area contributed by atoms with E-state index in [1.165, 1.54) is 12.8 Å². The molecule has 1 aliphatic heterocycles. The highest BCUT2D eigenvalue weighted by atomic mass is 16.6. The van der Waals surface area contributed by atoms with Crippen molar-refractivity contribution in [3.8, 4) is 5.88 Å². The van der Waals surface area contributed by atoms with Gasteiger partial charge in [0.25, 0.3) is 5.88 Å². The summed E-state index contributed by atoms with van der Waals surface area (Å²) in [6.07, 6.45) is 4.41. The molecule has 1 saturated heterocycles. The molecule has 2 rings (SSSR count). The molecule has 1 aliphatic rings. The highest BCUT2D eigenvalue weighted by Crippen LogP contribution is 2.15. The molecule has 0 saturated carbocycles. The quantitative estimate of drug-likeness (QED) is 0.803. The minimum absolute atomic E-state index is 0.0204. The van der Waals surface area contributed by atoms with Crippen LogP contribution in [-0.4, -0.2) is 53.9 Å². The third kappa shape index (κ3) is 3.93. The van der Waals surface area contributed by atoms with Gasteiger partial charge in [0, 0.05) is 0 Å². The number of nitrogens with zero attached hydrogens (tertiary/aromatic N) is 3. The molecule has 0 bridgehead atoms. The number of carbonyl (C=O) groups is 1. The first kappa shape index (κ1) is 14.8. The van der Waals surface area contributed by atoms with Crippen LogP contribution < -0.4 is 10.1 Å². The van der Waals surface area contributed by atoms with E-state index in [2.05, 4.69) is 25.2 Å². The van der Waals surface area contributed by atoms with Crippen LogP contribution in [0.5, 0.6) is 5.88 Å². The SMILES string of the molecule is Cc1nonc1OCCNC(=O)C1CCCCCN1C. The van der Waals surface area contributed by atoms with Gasteiger partial charge in [0.2, 0.25) is 5.91 Å². The number of rotatable bonds is 5. The van der Waals surface area contributed by atoms with Crippen LogP contribution in [0.3, 0.4) is 0 Å². The molecule has 7 nitrogen and oxygen atoms in total. The second-order valence-corrected chi connectivity index (χ2v) is 5.14. The van der Waals surface area contributed by atoms with E-state index < -0.39 is 0 Å². The Hall–Kier alpha value is -1.63. The van der Waals surface area contributed by atoms with Crippen LogP contribution in [0.15, 0.2) is 4.63 Å². The average Bonchev–Trinajstić information content (AvgIpc) is 2.70. The molecule has 2 heterocycles. The normalized spacial score (nSPS) is 20.4. The molecular weight excluding hydrogens is 260 g/mol. The lowest BCUT2D eigenvalue weighted by molar-refractivity contribution is -0.126. The minimum Gasteiger partial charge on any atom is -0.472 e. The van der Waals surface area contributed by atoms with E-state index in [9.17, 15) is 4.79 Å². The second-order valence-electron chi connectivity index (χ2n) is 5.14. The van der Waals surface area contributed by atoms with Crippen molar-refractivity contribution in [3.05, 3.63) is 5.69 Å². The van der Waals surface area contributed by atoms with Gasteiger partial charge in [-0.2, -0.15) is 0 Å². The number of amides is 1. The fourth-order valence-electron chi connectivity index (χ4n) is 2.38. The third-order valence-corrected chi connectivity index (χ3v) is 3.57. The molecule has 1 fully saturated rings. The van der Waals surface area contributed by atoms with Crippen LogP contribution in [0.1, 0.15) is 31.4 Å². The third-order valence-electron chi connectivity index (χ3n) is 3.57. The molecular formula is C13H22N4O3. The molecule has 1 atom stereocenters. The lowest BCUT2D eigenvalue weighted by atomic mass is 10.1. The number of aromatic nitrogens is 2. The molecule has 112 valence electrons. The zero-order valence-electron chi connectivity index (χ0n) is 12.1. The van der Waals surface area contributed by atoms with Crippen molar-refractivity contribution >= 4 is 5.91 Å². The molecule has 1 aromatic heterocycles. The highest BCUT2D eigenvalue weighted by Gasteiger charge is 2.24. The van der Waals surface area contributed by atoms with Gasteiger partial charge in [0.15, 0.2) is 0 Å². The molecule has 0 spiro atoms. The molecule has 20 heavy (non-hydrogen) atoms. The fraction of sp³-hybridized carbons (Fsp3) is 0.769. The van der Waals surface area contributed by atoms with Crippen molar-refractivity contribution < 1.29 is 14.2 Å². The molecule has 0 aromatic carbocycles. The zero-order valence-corrected chi connectivity index (χ0v) is 12.1. The highest BCUT2D eigenvalue weighted by molar-refractivity contribution is 5.81. The number of hydrogen-bond acceptors (Lipinski definition) is 6. The van der Waals surface area contributed by atoms with Gasteiger partial charge in [0.1, 0.15) is 12.3 Å². The number of ether oxygens (including phenoxy) is 1. The van der Waals surface area contributed by atoms with Crippen molar-refractivity contribution in [1.29, 1.82) is 0 Å². The van der Waals surface area contributed by atoms with Gasteiger partial charge < -0.3 is 10.1 Å². The van der Waals surface area contributed by atoms with Crippen LogP contribution >= 0.6 is 0 Å². The van der Waals surface area contributed by atoms with E-state index in [0.717, 1.165) is 19.4 Å². The molecule has 1 amide bonds. The van der Waals surface area contributed by atoms with Crippen molar-refractivity contribution in [2.75, 3.05) is 26.7 Å². The Morgan fingerprint density at radius 2 is 2.30 bits per heavy atom. The van der Waals surface area contributed by atoms with Crippen LogP contribution in [-0.2, 0) is 4.79 Å². The molecule has 0 radical (unpaired) electrons. The predicted octanol–water partition coefficient (Wildman–Crippen LogP) is 0.747. The standard InChI is InChI=1S/C13H22N4O3/c1-10-13(16-20-15-10)19-9-7-14-12(18)11-6-4-3-5-8-17(11)2/h11H,3-9H2,1-2H3,(H,14,18).